The van der Waals surface area contributed by atoms with Crippen LogP contribution in [-0.4, -0.2) is 24.7 Å². The number of halogens is 1. The number of nitrogens with one attached hydrogen (secondary N) is 1. The Hall–Kier alpha value is -3.00. The maximum atomic E-state index is 14.0. The average Bonchev–Trinajstić information content (AvgIpc) is 3.09. The van der Waals surface area contributed by atoms with Gasteiger partial charge in [0.25, 0.3) is 5.56 Å². The van der Waals surface area contributed by atoms with Gasteiger partial charge < -0.3 is 4.98 Å². The summed E-state index contributed by atoms with van der Waals surface area (Å²) in [6.07, 6.45) is 1.46. The minimum absolute atomic E-state index is 0.184. The fraction of sp³-hybridized carbons (Fsp3) is 0.0588. The van der Waals surface area contributed by atoms with Crippen LogP contribution < -0.4 is 5.56 Å². The number of aromatic nitrogens is 5. The van der Waals surface area contributed by atoms with Crippen molar-refractivity contribution in [1.29, 1.82) is 0 Å². The summed E-state index contributed by atoms with van der Waals surface area (Å²) in [6, 6.07) is 13.6. The highest BCUT2D eigenvalue weighted by atomic mass is 32.2. The molecule has 2 heterocycles. The molecule has 4 aromatic rings. The Labute approximate surface area is 145 Å². The van der Waals surface area contributed by atoms with Crippen LogP contribution in [0.2, 0.25) is 0 Å². The van der Waals surface area contributed by atoms with Gasteiger partial charge in [-0.25, -0.2) is 9.37 Å². The SMILES string of the molecule is O=c1[nH]c(CSc2nncn2-c2ccccc2F)nc2ccccc12. The van der Waals surface area contributed by atoms with Crippen LogP contribution in [0.3, 0.4) is 0 Å². The minimum atomic E-state index is -0.360. The van der Waals surface area contributed by atoms with E-state index in [2.05, 4.69) is 20.2 Å². The molecule has 0 saturated carbocycles. The van der Waals surface area contributed by atoms with Crippen LogP contribution in [0.1, 0.15) is 5.82 Å². The van der Waals surface area contributed by atoms with Crippen LogP contribution in [0.5, 0.6) is 0 Å². The number of hydrogen-bond acceptors (Lipinski definition) is 5. The molecule has 0 aliphatic heterocycles. The largest absolute Gasteiger partial charge is 0.309 e. The quantitative estimate of drug-likeness (QED) is 0.571. The number of nitrogens with zero attached hydrogens (tertiary/aromatic N) is 4. The van der Waals surface area contributed by atoms with Crippen molar-refractivity contribution < 1.29 is 4.39 Å². The first kappa shape index (κ1) is 15.5. The smallest absolute Gasteiger partial charge is 0.258 e. The third-order valence-corrected chi connectivity index (χ3v) is 4.58. The van der Waals surface area contributed by atoms with E-state index in [-0.39, 0.29) is 11.4 Å². The van der Waals surface area contributed by atoms with Gasteiger partial charge in [-0.3, -0.25) is 9.36 Å². The normalized spacial score (nSPS) is 11.1. The summed E-state index contributed by atoms with van der Waals surface area (Å²) in [5.41, 5.74) is 0.823. The van der Waals surface area contributed by atoms with Crippen LogP contribution in [0.25, 0.3) is 16.6 Å². The van der Waals surface area contributed by atoms with Gasteiger partial charge in [-0.2, -0.15) is 0 Å². The lowest BCUT2D eigenvalue weighted by Gasteiger charge is -2.07. The van der Waals surface area contributed by atoms with E-state index >= 15 is 0 Å². The maximum absolute atomic E-state index is 14.0. The molecule has 0 aliphatic rings. The fourth-order valence-electron chi connectivity index (χ4n) is 2.47. The van der Waals surface area contributed by atoms with Crippen LogP contribution in [-0.2, 0) is 5.75 Å². The van der Waals surface area contributed by atoms with Crippen LogP contribution in [0.4, 0.5) is 4.39 Å². The number of H-pyrrole nitrogens is 1. The molecule has 124 valence electrons. The van der Waals surface area contributed by atoms with Crippen molar-refractivity contribution >= 4 is 22.7 Å². The minimum Gasteiger partial charge on any atom is -0.309 e. The van der Waals surface area contributed by atoms with Crippen molar-refractivity contribution in [2.24, 2.45) is 0 Å². The van der Waals surface area contributed by atoms with Crippen molar-refractivity contribution in [3.05, 3.63) is 76.9 Å². The molecule has 2 aromatic carbocycles. The first-order valence-corrected chi connectivity index (χ1v) is 8.46. The molecule has 0 atom stereocenters. The van der Waals surface area contributed by atoms with Crippen molar-refractivity contribution in [3.8, 4) is 5.69 Å². The molecule has 6 nitrogen and oxygen atoms in total. The number of fused-ring (bicyclic) bond motifs is 1. The van der Waals surface area contributed by atoms with Gasteiger partial charge in [0.2, 0.25) is 0 Å². The Bertz CT molecular complexity index is 1110. The van der Waals surface area contributed by atoms with Crippen molar-refractivity contribution in [1.82, 2.24) is 24.7 Å². The third-order valence-electron chi connectivity index (χ3n) is 3.63. The Morgan fingerprint density at radius 2 is 1.92 bits per heavy atom. The van der Waals surface area contributed by atoms with Crippen molar-refractivity contribution in [2.45, 2.75) is 10.9 Å². The second-order valence-electron chi connectivity index (χ2n) is 5.25. The van der Waals surface area contributed by atoms with Gasteiger partial charge in [0.05, 0.1) is 22.3 Å². The molecule has 0 radical (unpaired) electrons. The van der Waals surface area contributed by atoms with Gasteiger partial charge >= 0.3 is 0 Å². The van der Waals surface area contributed by atoms with E-state index in [0.29, 0.717) is 33.3 Å². The zero-order chi connectivity index (χ0) is 17.2. The molecule has 2 aromatic heterocycles. The summed E-state index contributed by atoms with van der Waals surface area (Å²) >= 11 is 1.32. The van der Waals surface area contributed by atoms with Crippen molar-refractivity contribution in [2.75, 3.05) is 0 Å². The molecule has 0 aliphatic carbocycles. The van der Waals surface area contributed by atoms with E-state index in [1.165, 1.54) is 24.2 Å². The first-order chi connectivity index (χ1) is 12.2. The lowest BCUT2D eigenvalue weighted by atomic mass is 10.2. The van der Waals surface area contributed by atoms with E-state index in [0.717, 1.165) is 0 Å². The van der Waals surface area contributed by atoms with Gasteiger partial charge in [-0.1, -0.05) is 36.0 Å². The Balaban J connectivity index is 1.62. The lowest BCUT2D eigenvalue weighted by molar-refractivity contribution is 0.613. The number of hydrogen-bond donors (Lipinski definition) is 1. The molecular weight excluding hydrogens is 341 g/mol. The zero-order valence-electron chi connectivity index (χ0n) is 12.9. The molecule has 0 amide bonds. The van der Waals surface area contributed by atoms with Gasteiger partial charge in [0, 0.05) is 0 Å². The van der Waals surface area contributed by atoms with Crippen LogP contribution >= 0.6 is 11.8 Å². The second-order valence-corrected chi connectivity index (χ2v) is 6.20. The number of benzene rings is 2. The highest BCUT2D eigenvalue weighted by Crippen LogP contribution is 2.23. The Morgan fingerprint density at radius 3 is 2.80 bits per heavy atom. The van der Waals surface area contributed by atoms with Crippen LogP contribution in [0.15, 0.2) is 64.8 Å². The van der Waals surface area contributed by atoms with E-state index < -0.39 is 0 Å². The molecule has 8 heteroatoms. The Kier molecular flexibility index (Phi) is 4.02. The monoisotopic (exact) mass is 353 g/mol. The molecule has 0 bridgehead atoms. The predicted molar refractivity (Wildman–Crippen MR) is 93.2 cm³/mol. The first-order valence-electron chi connectivity index (χ1n) is 7.48. The van der Waals surface area contributed by atoms with Gasteiger partial charge in [0.1, 0.15) is 18.0 Å². The molecule has 0 unspecified atom stereocenters. The summed E-state index contributed by atoms with van der Waals surface area (Å²) in [5, 5.41) is 8.94. The summed E-state index contributed by atoms with van der Waals surface area (Å²) in [6.45, 7) is 0. The van der Waals surface area contributed by atoms with E-state index in [1.807, 2.05) is 6.07 Å². The summed E-state index contributed by atoms with van der Waals surface area (Å²) in [7, 11) is 0. The van der Waals surface area contributed by atoms with Gasteiger partial charge in [-0.15, -0.1) is 10.2 Å². The number of para-hydroxylation sites is 2. The molecule has 0 saturated heterocycles. The zero-order valence-corrected chi connectivity index (χ0v) is 13.7. The van der Waals surface area contributed by atoms with Crippen molar-refractivity contribution in [3.63, 3.8) is 0 Å². The topological polar surface area (TPSA) is 76.5 Å². The highest BCUT2D eigenvalue weighted by Gasteiger charge is 2.12. The highest BCUT2D eigenvalue weighted by molar-refractivity contribution is 7.98. The molecular formula is C17H12FN5OS. The molecule has 0 fully saturated rings. The maximum Gasteiger partial charge on any atom is 0.258 e. The molecule has 25 heavy (non-hydrogen) atoms. The molecule has 0 spiro atoms. The van der Waals surface area contributed by atoms with E-state index in [1.54, 1.807) is 41.0 Å². The third kappa shape index (κ3) is 3.03. The fourth-order valence-corrected chi connectivity index (χ4v) is 3.26. The summed E-state index contributed by atoms with van der Waals surface area (Å²) in [4.78, 5) is 19.3. The van der Waals surface area contributed by atoms with E-state index in [4.69, 9.17) is 0 Å². The number of aromatic amines is 1. The lowest BCUT2D eigenvalue weighted by Crippen LogP contribution is -2.11. The summed E-state index contributed by atoms with van der Waals surface area (Å²) in [5.74, 6) is 0.547. The van der Waals surface area contributed by atoms with E-state index in [9.17, 15) is 9.18 Å². The van der Waals surface area contributed by atoms with Gasteiger partial charge in [-0.05, 0) is 24.3 Å². The molecule has 1 N–H and O–H groups in total. The van der Waals surface area contributed by atoms with Crippen LogP contribution in [0, 0.1) is 5.82 Å². The number of thioether (sulfide) groups is 1. The average molecular weight is 353 g/mol. The summed E-state index contributed by atoms with van der Waals surface area (Å²) < 4.78 is 15.5. The van der Waals surface area contributed by atoms with Gasteiger partial charge in [0.15, 0.2) is 5.16 Å². The predicted octanol–water partition coefficient (Wildman–Crippen LogP) is 2.94. The Morgan fingerprint density at radius 1 is 1.12 bits per heavy atom. The number of rotatable bonds is 4. The standard InChI is InChI=1S/C17H12FN5OS/c18-12-6-2-4-8-14(12)23-10-19-22-17(23)25-9-15-20-13-7-3-1-5-11(13)16(24)21-15/h1-8,10H,9H2,(H,20,21,24). The molecule has 4 rings (SSSR count). The second kappa shape index (κ2) is 6.48.